The van der Waals surface area contributed by atoms with Gasteiger partial charge in [-0.1, -0.05) is 0 Å². The molecule has 117 valence electrons. The van der Waals surface area contributed by atoms with Crippen LogP contribution in [-0.2, 0) is 17.1 Å². The average Bonchev–Trinajstić information content (AvgIpc) is 2.39. The smallest absolute Gasteiger partial charge is 0.0473 e. The number of rotatable bonds is 4. The maximum absolute atomic E-state index is 8.35. The molecule has 0 fully saturated rings. The van der Waals surface area contributed by atoms with Gasteiger partial charge in [-0.25, -0.2) is 0 Å². The Labute approximate surface area is 141 Å². The first-order valence-corrected chi connectivity index (χ1v) is 6.24. The third-order valence-electron chi connectivity index (χ3n) is 1.02. The van der Waals surface area contributed by atoms with Crippen molar-refractivity contribution in [2.45, 2.75) is 12.2 Å². The number of nitrogens with one attached hydrogen (secondary N) is 2. The van der Waals surface area contributed by atoms with Crippen LogP contribution >= 0.6 is 0 Å². The van der Waals surface area contributed by atoms with E-state index in [-0.39, 0.29) is 43.2 Å². The van der Waals surface area contributed by atoms with E-state index < -0.39 is 12.2 Å². The first-order valence-electron chi connectivity index (χ1n) is 4.53. The summed E-state index contributed by atoms with van der Waals surface area (Å²) in [4.78, 5) is 3.25. The summed E-state index contributed by atoms with van der Waals surface area (Å²) in [6.45, 7) is 0.417. The predicted octanol–water partition coefficient (Wildman–Crippen LogP) is -2.01. The number of nitrogens with two attached hydrogens (primary N) is 2. The molecule has 0 aromatic rings. The maximum atomic E-state index is 8.35. The topological polar surface area (TPSA) is 188 Å². The van der Waals surface area contributed by atoms with E-state index in [1.165, 1.54) is 0 Å². The van der Waals surface area contributed by atoms with E-state index >= 15 is 0 Å². The van der Waals surface area contributed by atoms with E-state index in [0.29, 0.717) is 0 Å². The molecular weight excluding hydrogens is 434 g/mol. The molecule has 0 rings (SSSR count). The van der Waals surface area contributed by atoms with Gasteiger partial charge in [-0.05, 0) is 0 Å². The van der Waals surface area contributed by atoms with Crippen molar-refractivity contribution in [3.63, 3.8) is 0 Å². The third-order valence-corrected chi connectivity index (χ3v) is 1.02. The summed E-state index contributed by atoms with van der Waals surface area (Å²) >= 11 is 4.22. The first-order chi connectivity index (χ1) is 8.44. The van der Waals surface area contributed by atoms with Gasteiger partial charge in [-0.3, -0.25) is 0 Å². The molecule has 0 aliphatic rings. The molecule has 0 aliphatic heterocycles. The Morgan fingerprint density at radius 2 is 1.11 bits per heavy atom. The number of aliphatic hydroxyl groups is 2. The van der Waals surface area contributed by atoms with E-state index in [9.17, 15) is 0 Å². The molecule has 0 spiro atoms. The van der Waals surface area contributed by atoms with Crippen LogP contribution in [0.5, 0.6) is 0 Å². The Hall–Kier alpha value is 0.298. The first kappa shape index (κ1) is 31.6. The van der Waals surface area contributed by atoms with Gasteiger partial charge in [-0.15, -0.1) is 13.1 Å². The molecule has 2 atom stereocenters. The Morgan fingerprint density at radius 3 is 1.11 bits per heavy atom. The largest absolute Gasteiger partial charge is 0.675 e. The number of hydrogen-bond acceptors (Lipinski definition) is 6. The zero-order valence-corrected chi connectivity index (χ0v) is 14.4. The summed E-state index contributed by atoms with van der Waals surface area (Å²) < 4.78 is 0. The minimum absolute atomic E-state index is 0. The second-order valence-corrected chi connectivity index (χ2v) is 3.14. The molecule has 2 unspecified atom stereocenters. The molecule has 0 heterocycles. The van der Waals surface area contributed by atoms with Crippen molar-refractivity contribution < 1.29 is 27.3 Å². The summed E-state index contributed by atoms with van der Waals surface area (Å²) in [7, 11) is 0. The molecule has 8 nitrogen and oxygen atoms in total. The maximum Gasteiger partial charge on any atom is 0.0473 e. The average molecular weight is 452 g/mol. The van der Waals surface area contributed by atoms with Crippen LogP contribution < -0.4 is 11.5 Å². The molecule has 0 aromatic heterocycles. The van der Waals surface area contributed by atoms with Crippen LogP contribution in [0.2, 0.25) is 0 Å². The number of hydrogen-bond donors (Lipinski definition) is 4. The minimum Gasteiger partial charge on any atom is -0.675 e. The molecule has 0 amide bonds. The van der Waals surface area contributed by atoms with Crippen LogP contribution in [0.1, 0.15) is 0 Å². The molecule has 8 N–H and O–H groups in total. The quantitative estimate of drug-likeness (QED) is 0.357. The van der Waals surface area contributed by atoms with Crippen molar-refractivity contribution in [3.8, 4) is 9.94 Å². The molecule has 19 heavy (non-hydrogen) atoms. The molecular formula is C8H18CuN6O2Se2-2. The van der Waals surface area contributed by atoms with Gasteiger partial charge in [0.05, 0.1) is 0 Å². The SMILES string of the molecule is N#C[Se].N#C[Se].[Cu].[NH-]CC(O)CN.[NH-]CC(O)CN. The van der Waals surface area contributed by atoms with E-state index in [1.807, 2.05) is 0 Å². The van der Waals surface area contributed by atoms with Crippen LogP contribution in [0.25, 0.3) is 11.5 Å². The number of nitriles is 2. The Morgan fingerprint density at radius 1 is 0.947 bits per heavy atom. The van der Waals surface area contributed by atoms with E-state index in [4.69, 9.17) is 43.7 Å². The van der Waals surface area contributed by atoms with Crippen molar-refractivity contribution in [2.24, 2.45) is 11.5 Å². The van der Waals surface area contributed by atoms with Gasteiger partial charge < -0.3 is 33.1 Å². The van der Waals surface area contributed by atoms with Gasteiger partial charge >= 0.3 is 52.5 Å². The third kappa shape index (κ3) is 70.6. The second-order valence-electron chi connectivity index (χ2n) is 2.37. The van der Waals surface area contributed by atoms with Crippen LogP contribution in [0.3, 0.4) is 0 Å². The van der Waals surface area contributed by atoms with Crippen molar-refractivity contribution >= 4 is 32.0 Å². The van der Waals surface area contributed by atoms with Gasteiger partial charge in [0, 0.05) is 42.4 Å². The molecule has 0 saturated carbocycles. The van der Waals surface area contributed by atoms with Crippen molar-refractivity contribution in [2.75, 3.05) is 26.2 Å². The normalized spacial score (nSPS) is 9.89. The van der Waals surface area contributed by atoms with Gasteiger partial charge in [-0.2, -0.15) is 0 Å². The van der Waals surface area contributed by atoms with Crippen LogP contribution in [0, 0.1) is 20.5 Å². The van der Waals surface area contributed by atoms with Crippen molar-refractivity contribution in [1.29, 1.82) is 10.5 Å². The van der Waals surface area contributed by atoms with Crippen LogP contribution in [0.4, 0.5) is 0 Å². The summed E-state index contributed by atoms with van der Waals surface area (Å²) in [5.41, 5.74) is 22.8. The second kappa shape index (κ2) is 36.2. The summed E-state index contributed by atoms with van der Waals surface area (Å²) in [6, 6.07) is 0. The molecule has 0 aromatic carbocycles. The fraction of sp³-hybridized carbons (Fsp3) is 0.750. The Balaban J connectivity index is -0.0000000476. The number of nitrogens with zero attached hydrogens (tertiary/aromatic N) is 2. The standard InChI is InChI=1S/2C3H9N2O.2CNSe.Cu/c2*4-1-3(6)2-5;2*2-1-3;/h2*3-4,6H,1-2,5H2;;;/q2*-1;;;. The zero-order chi connectivity index (χ0) is 15.4. The predicted molar refractivity (Wildman–Crippen MR) is 71.2 cm³/mol. The fourth-order valence-electron chi connectivity index (χ4n) is 0.167. The summed E-state index contributed by atoms with van der Waals surface area (Å²) in [5.74, 6) is 0. The van der Waals surface area contributed by atoms with Crippen LogP contribution in [0.15, 0.2) is 0 Å². The molecule has 0 aliphatic carbocycles. The van der Waals surface area contributed by atoms with E-state index in [0.717, 1.165) is 0 Å². The number of aliphatic hydroxyl groups excluding tert-OH is 2. The molecule has 0 bridgehead atoms. The molecule has 3 radical (unpaired) electrons. The Kier molecular flexibility index (Phi) is 60.2. The van der Waals surface area contributed by atoms with Crippen LogP contribution in [-0.4, -0.2) is 80.6 Å². The Bertz CT molecular complexity index is 184. The van der Waals surface area contributed by atoms with Gasteiger partial charge in [0.15, 0.2) is 0 Å². The van der Waals surface area contributed by atoms with Gasteiger partial charge in [0.2, 0.25) is 0 Å². The molecule has 11 heteroatoms. The summed E-state index contributed by atoms with van der Waals surface area (Å²) in [6.07, 6.45) is -1.24. The van der Waals surface area contributed by atoms with Gasteiger partial charge in [0.1, 0.15) is 0 Å². The molecule has 0 saturated heterocycles. The van der Waals surface area contributed by atoms with E-state index in [2.05, 4.69) is 32.0 Å². The minimum atomic E-state index is -0.620. The summed E-state index contributed by atoms with van der Waals surface area (Å²) in [5, 5.41) is 31.2. The monoisotopic (exact) mass is 453 g/mol. The van der Waals surface area contributed by atoms with Crippen molar-refractivity contribution in [1.82, 2.24) is 0 Å². The van der Waals surface area contributed by atoms with Gasteiger partial charge in [0.25, 0.3) is 0 Å². The zero-order valence-electron chi connectivity index (χ0n) is 10.0. The fourth-order valence-corrected chi connectivity index (χ4v) is 0.167. The van der Waals surface area contributed by atoms with E-state index in [1.54, 1.807) is 9.94 Å². The van der Waals surface area contributed by atoms with Crippen molar-refractivity contribution in [3.05, 3.63) is 11.5 Å².